The summed E-state index contributed by atoms with van der Waals surface area (Å²) in [6.07, 6.45) is 1.01. The summed E-state index contributed by atoms with van der Waals surface area (Å²) in [5, 5.41) is 19.8. The highest BCUT2D eigenvalue weighted by Crippen LogP contribution is 2.32. The number of carboxylic acid groups (broad SMARTS) is 1. The summed E-state index contributed by atoms with van der Waals surface area (Å²) in [5.74, 6) is -1.15. The van der Waals surface area contributed by atoms with Gasteiger partial charge in [0.05, 0.1) is 10.5 Å². The van der Waals surface area contributed by atoms with Gasteiger partial charge in [0.25, 0.3) is 5.88 Å². The van der Waals surface area contributed by atoms with E-state index in [0.717, 1.165) is 22.3 Å². The van der Waals surface area contributed by atoms with Gasteiger partial charge in [0.15, 0.2) is 0 Å². The third kappa shape index (κ3) is 3.34. The highest BCUT2D eigenvalue weighted by molar-refractivity contribution is 9.10. The maximum atomic E-state index is 11.0. The van der Waals surface area contributed by atoms with Gasteiger partial charge in [-0.2, -0.15) is 0 Å². The number of aryl methyl sites for hydroxylation is 1. The van der Waals surface area contributed by atoms with Gasteiger partial charge in [0.1, 0.15) is 5.75 Å². The van der Waals surface area contributed by atoms with E-state index in [4.69, 9.17) is 9.84 Å². The van der Waals surface area contributed by atoms with Crippen LogP contribution < -0.4 is 4.74 Å². The molecule has 0 unspecified atom stereocenters. The van der Waals surface area contributed by atoms with Crippen LogP contribution in [0.1, 0.15) is 15.9 Å². The molecule has 8 heteroatoms. The Balaban J connectivity index is 2.44. The van der Waals surface area contributed by atoms with Gasteiger partial charge in [0, 0.05) is 16.7 Å². The fraction of sp³-hybridized carbons (Fsp3) is 0.0769. The first-order valence-electron chi connectivity index (χ1n) is 5.70. The predicted octanol–water partition coefficient (Wildman–Crippen LogP) is 3.55. The van der Waals surface area contributed by atoms with Crippen LogP contribution >= 0.6 is 15.9 Å². The van der Waals surface area contributed by atoms with Gasteiger partial charge < -0.3 is 9.84 Å². The zero-order valence-corrected chi connectivity index (χ0v) is 12.3. The van der Waals surface area contributed by atoms with Gasteiger partial charge in [0.2, 0.25) is 0 Å². The molecular formula is C13H9BrN2O5. The highest BCUT2D eigenvalue weighted by atomic mass is 79.9. The van der Waals surface area contributed by atoms with Crippen LogP contribution in [0.25, 0.3) is 0 Å². The summed E-state index contributed by atoms with van der Waals surface area (Å²) in [6, 6.07) is 6.06. The van der Waals surface area contributed by atoms with Crippen molar-refractivity contribution >= 4 is 27.6 Å². The summed E-state index contributed by atoms with van der Waals surface area (Å²) in [5.41, 5.74) is -0.0263. The molecule has 0 aliphatic heterocycles. The van der Waals surface area contributed by atoms with Crippen molar-refractivity contribution in [1.82, 2.24) is 4.98 Å². The Morgan fingerprint density at radius 1 is 1.43 bits per heavy atom. The normalized spacial score (nSPS) is 10.2. The molecule has 2 rings (SSSR count). The molecule has 2 aromatic rings. The van der Waals surface area contributed by atoms with Crippen LogP contribution in [0.2, 0.25) is 0 Å². The van der Waals surface area contributed by atoms with Crippen molar-refractivity contribution < 1.29 is 19.6 Å². The van der Waals surface area contributed by atoms with Crippen LogP contribution in [-0.4, -0.2) is 21.0 Å². The van der Waals surface area contributed by atoms with Crippen LogP contribution in [0.3, 0.4) is 0 Å². The van der Waals surface area contributed by atoms with Crippen LogP contribution in [-0.2, 0) is 0 Å². The second kappa shape index (κ2) is 5.88. The fourth-order valence-corrected chi connectivity index (χ4v) is 2.07. The Morgan fingerprint density at radius 2 is 2.14 bits per heavy atom. The SMILES string of the molecule is Cc1cc(Br)ccc1Oc1ncc(C(=O)O)cc1[N+](=O)[O-]. The number of hydrogen-bond donors (Lipinski definition) is 1. The zero-order valence-electron chi connectivity index (χ0n) is 10.7. The molecule has 0 saturated carbocycles. The van der Waals surface area contributed by atoms with Crippen molar-refractivity contribution in [3.05, 3.63) is 56.2 Å². The van der Waals surface area contributed by atoms with Gasteiger partial charge in [-0.25, -0.2) is 9.78 Å². The molecule has 0 amide bonds. The van der Waals surface area contributed by atoms with E-state index >= 15 is 0 Å². The molecule has 7 nitrogen and oxygen atoms in total. The standard InChI is InChI=1S/C13H9BrN2O5/c1-7-4-9(14)2-3-11(7)21-12-10(16(19)20)5-8(6-15-12)13(17)18/h2-6H,1H3,(H,17,18). The topological polar surface area (TPSA) is 103 Å². The third-order valence-electron chi connectivity index (χ3n) is 2.62. The fourth-order valence-electron chi connectivity index (χ4n) is 1.60. The number of nitrogens with zero attached hydrogens (tertiary/aromatic N) is 2. The molecule has 108 valence electrons. The molecule has 0 spiro atoms. The lowest BCUT2D eigenvalue weighted by atomic mass is 10.2. The molecule has 1 aromatic heterocycles. The summed E-state index contributed by atoms with van der Waals surface area (Å²) in [4.78, 5) is 24.8. The van der Waals surface area contributed by atoms with Crippen LogP contribution in [0.5, 0.6) is 11.6 Å². The molecule has 0 aliphatic carbocycles. The molecule has 1 aromatic carbocycles. The van der Waals surface area contributed by atoms with Gasteiger partial charge in [-0.15, -0.1) is 0 Å². The van der Waals surface area contributed by atoms with E-state index < -0.39 is 16.6 Å². The Kier molecular flexibility index (Phi) is 4.18. The minimum atomic E-state index is -1.29. The first-order valence-corrected chi connectivity index (χ1v) is 6.49. The van der Waals surface area contributed by atoms with E-state index in [1.807, 2.05) is 0 Å². The molecule has 1 heterocycles. The summed E-state index contributed by atoms with van der Waals surface area (Å²) in [6.45, 7) is 1.78. The molecule has 0 aliphatic rings. The number of benzene rings is 1. The van der Waals surface area contributed by atoms with Crippen LogP contribution in [0.4, 0.5) is 5.69 Å². The first kappa shape index (κ1) is 14.9. The van der Waals surface area contributed by atoms with Crippen molar-refractivity contribution in [3.8, 4) is 11.6 Å². The predicted molar refractivity (Wildman–Crippen MR) is 76.8 cm³/mol. The van der Waals surface area contributed by atoms with E-state index in [2.05, 4.69) is 20.9 Å². The molecule has 0 fully saturated rings. The number of aromatic nitrogens is 1. The number of carboxylic acids is 1. The van der Waals surface area contributed by atoms with Crippen molar-refractivity contribution in [2.24, 2.45) is 0 Å². The number of aromatic carboxylic acids is 1. The lowest BCUT2D eigenvalue weighted by Crippen LogP contribution is -2.02. The number of hydrogen-bond acceptors (Lipinski definition) is 5. The lowest BCUT2D eigenvalue weighted by Gasteiger charge is -2.08. The summed E-state index contributed by atoms with van der Waals surface area (Å²) >= 11 is 3.30. The summed E-state index contributed by atoms with van der Waals surface area (Å²) < 4.78 is 6.27. The van der Waals surface area contributed by atoms with E-state index in [0.29, 0.717) is 5.75 Å². The smallest absolute Gasteiger partial charge is 0.337 e. The van der Waals surface area contributed by atoms with Gasteiger partial charge in [-0.1, -0.05) is 15.9 Å². The van der Waals surface area contributed by atoms with Gasteiger partial charge >= 0.3 is 11.7 Å². The molecule has 1 N–H and O–H groups in total. The number of pyridine rings is 1. The van der Waals surface area contributed by atoms with E-state index in [9.17, 15) is 14.9 Å². The quantitative estimate of drug-likeness (QED) is 0.666. The Morgan fingerprint density at radius 3 is 2.71 bits per heavy atom. The Hall–Kier alpha value is -2.48. The zero-order chi connectivity index (χ0) is 15.6. The monoisotopic (exact) mass is 352 g/mol. The van der Waals surface area contributed by atoms with Crippen molar-refractivity contribution in [3.63, 3.8) is 0 Å². The Labute approximate surface area is 127 Å². The van der Waals surface area contributed by atoms with Crippen molar-refractivity contribution in [1.29, 1.82) is 0 Å². The average molecular weight is 353 g/mol. The molecule has 0 bridgehead atoms. The minimum Gasteiger partial charge on any atom is -0.478 e. The number of rotatable bonds is 4. The maximum absolute atomic E-state index is 11.0. The van der Waals surface area contributed by atoms with Crippen molar-refractivity contribution in [2.75, 3.05) is 0 Å². The lowest BCUT2D eigenvalue weighted by molar-refractivity contribution is -0.386. The maximum Gasteiger partial charge on any atom is 0.337 e. The third-order valence-corrected chi connectivity index (χ3v) is 3.11. The van der Waals surface area contributed by atoms with E-state index in [1.165, 1.54) is 0 Å². The summed E-state index contributed by atoms with van der Waals surface area (Å²) in [7, 11) is 0. The largest absolute Gasteiger partial charge is 0.478 e. The van der Waals surface area contributed by atoms with Gasteiger partial charge in [-0.05, 0) is 30.7 Å². The average Bonchev–Trinajstić information content (AvgIpc) is 2.41. The first-order chi connectivity index (χ1) is 9.88. The van der Waals surface area contributed by atoms with Crippen molar-refractivity contribution in [2.45, 2.75) is 6.92 Å². The van der Waals surface area contributed by atoms with Crippen LogP contribution in [0, 0.1) is 17.0 Å². The van der Waals surface area contributed by atoms with E-state index in [-0.39, 0.29) is 11.4 Å². The second-order valence-corrected chi connectivity index (χ2v) is 5.04. The number of halogens is 1. The molecule has 0 saturated heterocycles. The highest BCUT2D eigenvalue weighted by Gasteiger charge is 2.21. The number of carbonyl (C=O) groups is 1. The van der Waals surface area contributed by atoms with E-state index in [1.54, 1.807) is 25.1 Å². The molecule has 0 atom stereocenters. The van der Waals surface area contributed by atoms with Crippen LogP contribution in [0.15, 0.2) is 34.9 Å². The molecule has 0 radical (unpaired) electrons. The Bertz CT molecular complexity index is 732. The minimum absolute atomic E-state index is 0.254. The molecule has 21 heavy (non-hydrogen) atoms. The number of ether oxygens (including phenoxy) is 1. The molecular weight excluding hydrogens is 344 g/mol. The van der Waals surface area contributed by atoms with Gasteiger partial charge in [-0.3, -0.25) is 10.1 Å². The second-order valence-electron chi connectivity index (χ2n) is 4.12. The number of nitro groups is 1.